The van der Waals surface area contributed by atoms with Gasteiger partial charge in [-0.2, -0.15) is 0 Å². The van der Waals surface area contributed by atoms with E-state index in [2.05, 4.69) is 10.6 Å². The minimum atomic E-state index is -0.854. The van der Waals surface area contributed by atoms with Crippen molar-refractivity contribution in [2.75, 3.05) is 5.32 Å². The van der Waals surface area contributed by atoms with Gasteiger partial charge >= 0.3 is 5.97 Å². The molecule has 6 nitrogen and oxygen atoms in total. The lowest BCUT2D eigenvalue weighted by molar-refractivity contribution is -0.148. The molecule has 1 aromatic heterocycles. The maximum atomic E-state index is 13.3. The van der Waals surface area contributed by atoms with Gasteiger partial charge in [0.25, 0.3) is 5.91 Å². The van der Waals surface area contributed by atoms with Gasteiger partial charge in [0.05, 0.1) is 17.4 Å². The standard InChI is InChI=1S/C24H32N2O4S/c27-21(18-13-10-11-14(12-13)19(18)24(29)30)26-23-20(16-8-4-5-9-17(16)31-23)22(28)25-15-6-2-1-3-7-15/h13-15,18-19H,1-12H2,(H,25,28)(H,26,27)(H,29,30)/t13-,14+,18-,19+/m1/s1. The second-order valence-electron chi connectivity index (χ2n) is 9.94. The molecule has 2 amide bonds. The van der Waals surface area contributed by atoms with Gasteiger partial charge in [-0.25, -0.2) is 0 Å². The molecular weight excluding hydrogens is 412 g/mol. The molecule has 0 radical (unpaired) electrons. The highest BCUT2D eigenvalue weighted by atomic mass is 32.1. The number of nitrogens with one attached hydrogen (secondary N) is 2. The number of carboxylic acids is 1. The van der Waals surface area contributed by atoms with Crippen LogP contribution < -0.4 is 10.6 Å². The number of rotatable bonds is 5. The van der Waals surface area contributed by atoms with Gasteiger partial charge in [-0.15, -0.1) is 11.3 Å². The van der Waals surface area contributed by atoms with Gasteiger partial charge in [-0.1, -0.05) is 19.3 Å². The van der Waals surface area contributed by atoms with E-state index in [1.54, 1.807) is 0 Å². The fourth-order valence-corrected chi connectivity index (χ4v) is 7.91. The van der Waals surface area contributed by atoms with Crippen LogP contribution in [0.1, 0.15) is 85.0 Å². The lowest BCUT2D eigenvalue weighted by Gasteiger charge is -2.27. The van der Waals surface area contributed by atoms with E-state index in [1.165, 1.54) is 22.6 Å². The van der Waals surface area contributed by atoms with Crippen molar-refractivity contribution in [1.29, 1.82) is 0 Å². The molecular formula is C24H32N2O4S. The van der Waals surface area contributed by atoms with Crippen LogP contribution in [0.5, 0.6) is 0 Å². The van der Waals surface area contributed by atoms with Crippen molar-refractivity contribution in [1.82, 2.24) is 5.32 Å². The molecule has 0 saturated heterocycles. The number of carbonyl (C=O) groups excluding carboxylic acids is 2. The van der Waals surface area contributed by atoms with Crippen molar-refractivity contribution >= 4 is 34.1 Å². The molecule has 0 unspecified atom stereocenters. The summed E-state index contributed by atoms with van der Waals surface area (Å²) < 4.78 is 0. The third-order valence-electron chi connectivity index (χ3n) is 8.08. The summed E-state index contributed by atoms with van der Waals surface area (Å²) in [5.41, 5.74) is 1.75. The van der Waals surface area contributed by atoms with Crippen LogP contribution in [-0.2, 0) is 22.4 Å². The van der Waals surface area contributed by atoms with Crippen LogP contribution in [0.3, 0.4) is 0 Å². The number of hydrogen-bond acceptors (Lipinski definition) is 4. The summed E-state index contributed by atoms with van der Waals surface area (Å²) in [6, 6.07) is 0.214. The number of hydrogen-bond donors (Lipinski definition) is 3. The minimum Gasteiger partial charge on any atom is -0.481 e. The van der Waals surface area contributed by atoms with Crippen LogP contribution >= 0.6 is 11.3 Å². The second-order valence-corrected chi connectivity index (χ2v) is 11.0. The van der Waals surface area contributed by atoms with Gasteiger partial charge in [0.15, 0.2) is 0 Å². The van der Waals surface area contributed by atoms with Gasteiger partial charge in [-0.05, 0) is 75.2 Å². The van der Waals surface area contributed by atoms with E-state index in [-0.39, 0.29) is 29.7 Å². The zero-order valence-corrected chi connectivity index (χ0v) is 18.8. The number of aliphatic carboxylic acids is 1. The van der Waals surface area contributed by atoms with E-state index in [1.807, 2.05) is 0 Å². The molecule has 5 rings (SSSR count). The first-order valence-corrected chi connectivity index (χ1v) is 12.8. The molecule has 3 fully saturated rings. The Labute approximate surface area is 187 Å². The summed E-state index contributed by atoms with van der Waals surface area (Å²) in [5.74, 6) is -1.93. The van der Waals surface area contributed by atoms with Gasteiger partial charge in [0, 0.05) is 10.9 Å². The predicted molar refractivity (Wildman–Crippen MR) is 119 cm³/mol. The molecule has 4 atom stereocenters. The third-order valence-corrected chi connectivity index (χ3v) is 9.29. The number of aryl methyl sites for hydroxylation is 1. The molecule has 2 bridgehead atoms. The highest BCUT2D eigenvalue weighted by Crippen LogP contribution is 2.53. The topological polar surface area (TPSA) is 95.5 Å². The zero-order valence-electron chi connectivity index (χ0n) is 18.0. The average Bonchev–Trinajstić information content (AvgIpc) is 3.46. The molecule has 168 valence electrons. The predicted octanol–water partition coefficient (Wildman–Crippen LogP) is 4.37. The van der Waals surface area contributed by atoms with Crippen molar-refractivity contribution in [2.45, 2.75) is 83.1 Å². The molecule has 0 spiro atoms. The smallest absolute Gasteiger partial charge is 0.307 e. The molecule has 4 aliphatic rings. The molecule has 0 aliphatic heterocycles. The van der Waals surface area contributed by atoms with Gasteiger partial charge in [0.1, 0.15) is 5.00 Å². The Morgan fingerprint density at radius 1 is 0.871 bits per heavy atom. The van der Waals surface area contributed by atoms with E-state index in [0.29, 0.717) is 10.6 Å². The van der Waals surface area contributed by atoms with Gasteiger partial charge in [0.2, 0.25) is 5.91 Å². The Bertz CT molecular complexity index is 888. The van der Waals surface area contributed by atoms with Gasteiger partial charge < -0.3 is 15.7 Å². The Morgan fingerprint density at radius 3 is 2.32 bits per heavy atom. The molecule has 4 aliphatic carbocycles. The van der Waals surface area contributed by atoms with Crippen LogP contribution in [0.25, 0.3) is 0 Å². The van der Waals surface area contributed by atoms with Crippen molar-refractivity contribution in [3.63, 3.8) is 0 Å². The van der Waals surface area contributed by atoms with Crippen molar-refractivity contribution in [3.05, 3.63) is 16.0 Å². The maximum absolute atomic E-state index is 13.3. The van der Waals surface area contributed by atoms with Crippen LogP contribution in [0.4, 0.5) is 5.00 Å². The first-order chi connectivity index (χ1) is 15.0. The van der Waals surface area contributed by atoms with E-state index >= 15 is 0 Å². The summed E-state index contributed by atoms with van der Waals surface area (Å²) in [5, 5.41) is 16.7. The Morgan fingerprint density at radius 2 is 1.58 bits per heavy atom. The van der Waals surface area contributed by atoms with Crippen LogP contribution in [0.15, 0.2) is 0 Å². The fraction of sp³-hybridized carbons (Fsp3) is 0.708. The zero-order chi connectivity index (χ0) is 21.5. The summed E-state index contributed by atoms with van der Waals surface area (Å²) in [7, 11) is 0. The van der Waals surface area contributed by atoms with Crippen molar-refractivity contribution in [2.24, 2.45) is 23.7 Å². The molecule has 0 aromatic carbocycles. The molecule has 3 saturated carbocycles. The number of anilines is 1. The summed E-state index contributed by atoms with van der Waals surface area (Å²) in [4.78, 5) is 39.7. The number of carboxylic acid groups (broad SMARTS) is 1. The third kappa shape index (κ3) is 3.90. The number of fused-ring (bicyclic) bond motifs is 3. The quantitative estimate of drug-likeness (QED) is 0.628. The average molecular weight is 445 g/mol. The summed E-state index contributed by atoms with van der Waals surface area (Å²) in [6.07, 6.45) is 12.3. The SMILES string of the molecule is O=C(NC1CCCCC1)c1c(NC(=O)[C@@H]2[C@@H]3CC[C@@H](C3)[C@@H]2C(=O)O)sc2c1CCCC2. The Hall–Kier alpha value is -1.89. The van der Waals surface area contributed by atoms with Crippen LogP contribution in [0.2, 0.25) is 0 Å². The van der Waals surface area contributed by atoms with Crippen molar-refractivity contribution in [3.8, 4) is 0 Å². The Balaban J connectivity index is 1.39. The van der Waals surface area contributed by atoms with E-state index in [4.69, 9.17) is 0 Å². The van der Waals surface area contributed by atoms with Crippen LogP contribution in [-0.4, -0.2) is 28.9 Å². The lowest BCUT2D eigenvalue weighted by atomic mass is 9.78. The molecule has 1 heterocycles. The molecule has 3 N–H and O–H groups in total. The molecule has 31 heavy (non-hydrogen) atoms. The number of thiophene rings is 1. The normalized spacial score (nSPS) is 30.1. The summed E-state index contributed by atoms with van der Waals surface area (Å²) >= 11 is 1.53. The minimum absolute atomic E-state index is 0.0654. The van der Waals surface area contributed by atoms with Crippen LogP contribution in [0, 0.1) is 23.7 Å². The highest BCUT2D eigenvalue weighted by molar-refractivity contribution is 7.17. The van der Waals surface area contributed by atoms with E-state index in [9.17, 15) is 19.5 Å². The monoisotopic (exact) mass is 444 g/mol. The fourth-order valence-electron chi connectivity index (χ4n) is 6.62. The molecule has 7 heteroatoms. The first-order valence-electron chi connectivity index (χ1n) is 12.0. The Kier molecular flexibility index (Phi) is 5.80. The first kappa shape index (κ1) is 21.0. The molecule has 1 aromatic rings. The number of amides is 2. The second kappa shape index (κ2) is 8.57. The highest BCUT2D eigenvalue weighted by Gasteiger charge is 2.54. The van der Waals surface area contributed by atoms with E-state index < -0.39 is 17.8 Å². The summed E-state index contributed by atoms with van der Waals surface area (Å²) in [6.45, 7) is 0. The van der Waals surface area contributed by atoms with Crippen molar-refractivity contribution < 1.29 is 19.5 Å². The largest absolute Gasteiger partial charge is 0.481 e. The maximum Gasteiger partial charge on any atom is 0.307 e. The lowest BCUT2D eigenvalue weighted by Crippen LogP contribution is -2.39. The van der Waals surface area contributed by atoms with E-state index in [0.717, 1.165) is 76.2 Å². The van der Waals surface area contributed by atoms with Gasteiger partial charge in [-0.3, -0.25) is 14.4 Å². The number of carbonyl (C=O) groups is 3.